The van der Waals surface area contributed by atoms with Crippen molar-refractivity contribution in [3.8, 4) is 5.95 Å². The lowest BCUT2D eigenvalue weighted by Crippen LogP contribution is -2.02. The molecule has 0 unspecified atom stereocenters. The maximum atomic E-state index is 10.6. The van der Waals surface area contributed by atoms with E-state index < -0.39 is 5.97 Å². The van der Waals surface area contributed by atoms with Crippen molar-refractivity contribution in [1.29, 1.82) is 0 Å². The number of hydrogen-bond acceptors (Lipinski definition) is 4. The zero-order valence-electron chi connectivity index (χ0n) is 9.00. The smallest absolute Gasteiger partial charge is 0.371 e. The first-order chi connectivity index (χ1) is 8.25. The Morgan fingerprint density at radius 3 is 2.88 bits per heavy atom. The van der Waals surface area contributed by atoms with E-state index >= 15 is 0 Å². The van der Waals surface area contributed by atoms with Crippen LogP contribution in [0.15, 0.2) is 40.9 Å². The third-order valence-corrected chi connectivity index (χ3v) is 2.12. The number of ether oxygens (including phenoxy) is 1. The van der Waals surface area contributed by atoms with Crippen LogP contribution in [0.4, 0.5) is 0 Å². The quantitative estimate of drug-likeness (QED) is 0.854. The van der Waals surface area contributed by atoms with Gasteiger partial charge < -0.3 is 14.3 Å². The first-order valence-electron chi connectivity index (χ1n) is 5.11. The first-order valence-corrected chi connectivity index (χ1v) is 5.11. The average Bonchev–Trinajstić information content (AvgIpc) is 2.79. The van der Waals surface area contributed by atoms with Gasteiger partial charge in [-0.25, -0.2) is 4.79 Å². The van der Waals surface area contributed by atoms with Crippen molar-refractivity contribution in [2.24, 2.45) is 0 Å². The molecule has 88 valence electrons. The number of nitrogens with zero attached hydrogens (tertiary/aromatic N) is 1. The van der Waals surface area contributed by atoms with Gasteiger partial charge in [-0.1, -0.05) is 6.07 Å². The van der Waals surface area contributed by atoms with Crippen molar-refractivity contribution < 1.29 is 19.1 Å². The van der Waals surface area contributed by atoms with E-state index in [0.29, 0.717) is 13.0 Å². The van der Waals surface area contributed by atoms with E-state index in [-0.39, 0.29) is 11.7 Å². The molecule has 5 nitrogen and oxygen atoms in total. The second-order valence-electron chi connectivity index (χ2n) is 3.34. The minimum atomic E-state index is -1.11. The summed E-state index contributed by atoms with van der Waals surface area (Å²) in [5.41, 5.74) is 0.914. The molecular weight excluding hydrogens is 222 g/mol. The molecule has 2 aromatic rings. The molecule has 0 saturated heterocycles. The Balaban J connectivity index is 1.84. The second-order valence-corrected chi connectivity index (χ2v) is 3.34. The van der Waals surface area contributed by atoms with Gasteiger partial charge in [0, 0.05) is 24.4 Å². The van der Waals surface area contributed by atoms with Crippen LogP contribution >= 0.6 is 0 Å². The van der Waals surface area contributed by atoms with Crippen LogP contribution < -0.4 is 4.74 Å². The molecule has 0 aliphatic rings. The Morgan fingerprint density at radius 2 is 2.24 bits per heavy atom. The van der Waals surface area contributed by atoms with E-state index in [2.05, 4.69) is 4.98 Å². The Labute approximate surface area is 97.7 Å². The fourth-order valence-corrected chi connectivity index (χ4v) is 1.31. The van der Waals surface area contributed by atoms with Gasteiger partial charge in [-0.15, -0.1) is 0 Å². The second kappa shape index (κ2) is 5.16. The standard InChI is InChI=1S/C12H11NO4/c14-12(15)10-4-5-11(17-10)16-8-6-9-3-1-2-7-13-9/h1-5,7H,6,8H2,(H,14,15). The lowest BCUT2D eigenvalue weighted by atomic mass is 10.3. The molecule has 0 aliphatic carbocycles. The Morgan fingerprint density at radius 1 is 1.35 bits per heavy atom. The summed E-state index contributed by atoms with van der Waals surface area (Å²) < 4.78 is 10.2. The number of pyridine rings is 1. The van der Waals surface area contributed by atoms with Crippen LogP contribution in [0, 0.1) is 0 Å². The van der Waals surface area contributed by atoms with E-state index in [1.165, 1.54) is 12.1 Å². The molecule has 0 bridgehead atoms. The fourth-order valence-electron chi connectivity index (χ4n) is 1.31. The number of carbonyl (C=O) groups is 1. The van der Waals surface area contributed by atoms with Crippen LogP contribution in [0.2, 0.25) is 0 Å². The number of aromatic carboxylic acids is 1. The zero-order chi connectivity index (χ0) is 12.1. The largest absolute Gasteiger partial charge is 0.475 e. The number of aromatic nitrogens is 1. The van der Waals surface area contributed by atoms with Crippen LogP contribution in [0.1, 0.15) is 16.2 Å². The van der Waals surface area contributed by atoms with E-state index in [9.17, 15) is 4.79 Å². The molecule has 2 rings (SSSR count). The predicted molar refractivity (Wildman–Crippen MR) is 59.1 cm³/mol. The molecule has 0 atom stereocenters. The first kappa shape index (κ1) is 11.2. The van der Waals surface area contributed by atoms with Crippen molar-refractivity contribution in [2.45, 2.75) is 6.42 Å². The molecule has 0 aliphatic heterocycles. The molecule has 0 aromatic carbocycles. The van der Waals surface area contributed by atoms with E-state index in [4.69, 9.17) is 14.3 Å². The van der Waals surface area contributed by atoms with Crippen molar-refractivity contribution >= 4 is 5.97 Å². The lowest BCUT2D eigenvalue weighted by molar-refractivity contribution is 0.0653. The molecule has 0 amide bonds. The summed E-state index contributed by atoms with van der Waals surface area (Å²) in [7, 11) is 0. The normalized spacial score (nSPS) is 10.1. The Kier molecular flexibility index (Phi) is 3.40. The van der Waals surface area contributed by atoms with Crippen molar-refractivity contribution in [2.75, 3.05) is 6.61 Å². The predicted octanol–water partition coefficient (Wildman–Crippen LogP) is 1.99. The van der Waals surface area contributed by atoms with Gasteiger partial charge in [0.15, 0.2) is 0 Å². The molecule has 0 radical (unpaired) electrons. The molecule has 0 spiro atoms. The summed E-state index contributed by atoms with van der Waals surface area (Å²) in [6, 6.07) is 8.49. The summed E-state index contributed by atoms with van der Waals surface area (Å²) in [4.78, 5) is 14.7. The molecule has 5 heteroatoms. The molecule has 0 saturated carbocycles. The highest BCUT2D eigenvalue weighted by atomic mass is 16.6. The highest BCUT2D eigenvalue weighted by Gasteiger charge is 2.09. The Hall–Kier alpha value is -2.30. The van der Waals surface area contributed by atoms with Gasteiger partial charge in [0.1, 0.15) is 0 Å². The van der Waals surface area contributed by atoms with E-state index in [1.807, 2.05) is 18.2 Å². The Bertz CT molecular complexity index is 492. The average molecular weight is 233 g/mol. The monoisotopic (exact) mass is 233 g/mol. The summed E-state index contributed by atoms with van der Waals surface area (Å²) in [5, 5.41) is 8.64. The number of carboxylic acids is 1. The third kappa shape index (κ3) is 3.07. The molecule has 0 fully saturated rings. The molecule has 1 N–H and O–H groups in total. The van der Waals surface area contributed by atoms with E-state index in [0.717, 1.165) is 5.69 Å². The van der Waals surface area contributed by atoms with Crippen LogP contribution in [-0.4, -0.2) is 22.7 Å². The molecule has 17 heavy (non-hydrogen) atoms. The highest BCUT2D eigenvalue weighted by Crippen LogP contribution is 2.15. The van der Waals surface area contributed by atoms with E-state index in [1.54, 1.807) is 6.20 Å². The highest BCUT2D eigenvalue weighted by molar-refractivity contribution is 5.84. The molecular formula is C12H11NO4. The number of rotatable bonds is 5. The van der Waals surface area contributed by atoms with Crippen LogP contribution in [-0.2, 0) is 6.42 Å². The van der Waals surface area contributed by atoms with Gasteiger partial charge >= 0.3 is 5.97 Å². The summed E-state index contributed by atoms with van der Waals surface area (Å²) in [6.45, 7) is 0.392. The van der Waals surface area contributed by atoms with Crippen molar-refractivity contribution in [3.63, 3.8) is 0 Å². The van der Waals surface area contributed by atoms with Gasteiger partial charge in [-0.2, -0.15) is 0 Å². The lowest BCUT2D eigenvalue weighted by Gasteiger charge is -2.01. The minimum Gasteiger partial charge on any atom is -0.475 e. The minimum absolute atomic E-state index is 0.127. The molecule has 2 heterocycles. The van der Waals surface area contributed by atoms with Gasteiger partial charge in [-0.05, 0) is 18.2 Å². The van der Waals surface area contributed by atoms with Gasteiger partial charge in [0.25, 0.3) is 5.95 Å². The number of hydrogen-bond donors (Lipinski definition) is 1. The van der Waals surface area contributed by atoms with Gasteiger partial charge in [0.05, 0.1) is 6.61 Å². The van der Waals surface area contributed by atoms with Crippen LogP contribution in [0.25, 0.3) is 0 Å². The summed E-state index contributed by atoms with van der Waals surface area (Å²) in [5.74, 6) is -1.03. The maximum absolute atomic E-state index is 10.6. The van der Waals surface area contributed by atoms with Crippen molar-refractivity contribution in [1.82, 2.24) is 4.98 Å². The topological polar surface area (TPSA) is 72.6 Å². The fraction of sp³-hybridized carbons (Fsp3) is 0.167. The third-order valence-electron chi connectivity index (χ3n) is 2.12. The summed E-state index contributed by atoms with van der Waals surface area (Å²) in [6.07, 6.45) is 2.36. The maximum Gasteiger partial charge on any atom is 0.371 e. The summed E-state index contributed by atoms with van der Waals surface area (Å²) >= 11 is 0. The SMILES string of the molecule is O=C(O)c1ccc(OCCc2ccccn2)o1. The zero-order valence-corrected chi connectivity index (χ0v) is 9.00. The number of furan rings is 1. The van der Waals surface area contributed by atoms with Crippen molar-refractivity contribution in [3.05, 3.63) is 48.0 Å². The van der Waals surface area contributed by atoms with Gasteiger partial charge in [0.2, 0.25) is 5.76 Å². The number of carboxylic acid groups (broad SMARTS) is 1. The van der Waals surface area contributed by atoms with Gasteiger partial charge in [-0.3, -0.25) is 4.98 Å². The molecule has 2 aromatic heterocycles. The van der Waals surface area contributed by atoms with Crippen LogP contribution in [0.3, 0.4) is 0 Å². The van der Waals surface area contributed by atoms with Crippen LogP contribution in [0.5, 0.6) is 5.95 Å².